The lowest BCUT2D eigenvalue weighted by molar-refractivity contribution is -0.190. The van der Waals surface area contributed by atoms with Gasteiger partial charge in [-0.05, 0) is 0 Å². The minimum atomic E-state index is -1.27. The van der Waals surface area contributed by atoms with Gasteiger partial charge in [-0.1, -0.05) is 0 Å². The van der Waals surface area contributed by atoms with Crippen molar-refractivity contribution < 1.29 is 29.6 Å². The minimum absolute atomic E-state index is 0.415. The average molecular weight is 205 g/mol. The van der Waals surface area contributed by atoms with Gasteiger partial charge in [-0.25, -0.2) is 0 Å². The van der Waals surface area contributed by atoms with Gasteiger partial charge in [-0.15, -0.1) is 0 Å². The molecule has 0 aromatic rings. The third kappa shape index (κ3) is 2.42. The standard InChI is InChI=1S/C8H13O6/c1-4(10)14-6-3-13-5(2-9)7(11)8(6)12/h3,5-9,11-12H,2H2,1H3/t5-,6+,7+,8-/m1/s1. The van der Waals surface area contributed by atoms with Gasteiger partial charge < -0.3 is 24.8 Å². The van der Waals surface area contributed by atoms with Crippen molar-refractivity contribution in [2.24, 2.45) is 0 Å². The molecule has 6 nitrogen and oxygen atoms in total. The monoisotopic (exact) mass is 205 g/mol. The van der Waals surface area contributed by atoms with Crippen LogP contribution < -0.4 is 0 Å². The lowest BCUT2D eigenvalue weighted by Crippen LogP contribution is -2.53. The number of aliphatic hydroxyl groups excluding tert-OH is 3. The maximum Gasteiger partial charge on any atom is 0.303 e. The topological polar surface area (TPSA) is 96.2 Å². The van der Waals surface area contributed by atoms with Crippen LogP contribution in [0.3, 0.4) is 0 Å². The lowest BCUT2D eigenvalue weighted by Gasteiger charge is -2.35. The van der Waals surface area contributed by atoms with Crippen LogP contribution in [-0.4, -0.2) is 52.3 Å². The van der Waals surface area contributed by atoms with Crippen LogP contribution >= 0.6 is 0 Å². The molecule has 1 aliphatic rings. The molecule has 1 heterocycles. The molecular formula is C8H13O6. The number of carbonyl (C=O) groups excluding carboxylic acids is 1. The fourth-order valence-corrected chi connectivity index (χ4v) is 1.19. The van der Waals surface area contributed by atoms with E-state index < -0.39 is 37.0 Å². The molecule has 1 saturated heterocycles. The van der Waals surface area contributed by atoms with E-state index in [2.05, 4.69) is 4.74 Å². The van der Waals surface area contributed by atoms with Crippen molar-refractivity contribution >= 4 is 5.97 Å². The molecule has 0 aromatic heterocycles. The molecular weight excluding hydrogens is 192 g/mol. The minimum Gasteiger partial charge on any atom is -0.457 e. The molecule has 0 saturated carbocycles. The molecule has 1 fully saturated rings. The van der Waals surface area contributed by atoms with Crippen molar-refractivity contribution in [3.05, 3.63) is 6.61 Å². The zero-order chi connectivity index (χ0) is 10.7. The van der Waals surface area contributed by atoms with E-state index in [-0.39, 0.29) is 0 Å². The van der Waals surface area contributed by atoms with Gasteiger partial charge >= 0.3 is 5.97 Å². The molecule has 0 bridgehead atoms. The van der Waals surface area contributed by atoms with Crippen molar-refractivity contribution in [1.82, 2.24) is 0 Å². The largest absolute Gasteiger partial charge is 0.457 e. The Morgan fingerprint density at radius 3 is 2.64 bits per heavy atom. The average Bonchev–Trinajstić information content (AvgIpc) is 2.13. The van der Waals surface area contributed by atoms with E-state index in [0.29, 0.717) is 0 Å². The Bertz CT molecular complexity index is 206. The molecule has 0 aliphatic carbocycles. The van der Waals surface area contributed by atoms with Crippen LogP contribution in [0.25, 0.3) is 0 Å². The van der Waals surface area contributed by atoms with Gasteiger partial charge in [-0.2, -0.15) is 0 Å². The van der Waals surface area contributed by atoms with E-state index in [4.69, 9.17) is 9.84 Å². The normalized spacial score (nSPS) is 38.0. The summed E-state index contributed by atoms with van der Waals surface area (Å²) < 4.78 is 9.52. The number of rotatable bonds is 2. The SMILES string of the molecule is CC(=O)O[C@H]1[CH]O[C@H](CO)[C@H](O)[C@@H]1O. The molecule has 14 heavy (non-hydrogen) atoms. The first-order valence-corrected chi connectivity index (χ1v) is 4.19. The predicted molar refractivity (Wildman–Crippen MR) is 43.8 cm³/mol. The van der Waals surface area contributed by atoms with Gasteiger partial charge in [0.25, 0.3) is 0 Å². The Balaban J connectivity index is 2.54. The fraction of sp³-hybridized carbons (Fsp3) is 0.750. The van der Waals surface area contributed by atoms with Crippen LogP contribution in [0.15, 0.2) is 0 Å². The van der Waals surface area contributed by atoms with Crippen molar-refractivity contribution in [3.8, 4) is 0 Å². The smallest absolute Gasteiger partial charge is 0.303 e. The van der Waals surface area contributed by atoms with E-state index in [9.17, 15) is 15.0 Å². The molecule has 6 heteroatoms. The Kier molecular flexibility index (Phi) is 3.82. The van der Waals surface area contributed by atoms with Gasteiger partial charge in [-0.3, -0.25) is 4.79 Å². The van der Waals surface area contributed by atoms with Crippen LogP contribution in [0.1, 0.15) is 6.92 Å². The van der Waals surface area contributed by atoms with Crippen LogP contribution in [0.4, 0.5) is 0 Å². The van der Waals surface area contributed by atoms with Crippen molar-refractivity contribution in [1.29, 1.82) is 0 Å². The third-order valence-corrected chi connectivity index (χ3v) is 1.94. The highest BCUT2D eigenvalue weighted by atomic mass is 16.6. The first kappa shape index (κ1) is 11.4. The summed E-state index contributed by atoms with van der Waals surface area (Å²) in [5, 5.41) is 27.5. The van der Waals surface area contributed by atoms with Crippen LogP contribution in [0, 0.1) is 6.61 Å². The second kappa shape index (κ2) is 4.70. The van der Waals surface area contributed by atoms with Crippen molar-refractivity contribution in [3.63, 3.8) is 0 Å². The summed E-state index contributed by atoms with van der Waals surface area (Å²) in [5.74, 6) is -0.580. The van der Waals surface area contributed by atoms with Crippen LogP contribution in [-0.2, 0) is 14.3 Å². The maximum atomic E-state index is 10.6. The number of carbonyl (C=O) groups is 1. The molecule has 1 radical (unpaired) electrons. The molecule has 0 aromatic carbocycles. The summed E-state index contributed by atoms with van der Waals surface area (Å²) in [7, 11) is 0. The van der Waals surface area contributed by atoms with Crippen LogP contribution in [0.2, 0.25) is 0 Å². The Morgan fingerprint density at radius 2 is 2.14 bits per heavy atom. The second-order valence-corrected chi connectivity index (χ2v) is 3.05. The number of hydrogen-bond acceptors (Lipinski definition) is 6. The van der Waals surface area contributed by atoms with E-state index in [0.717, 1.165) is 6.61 Å². The quantitative estimate of drug-likeness (QED) is 0.460. The highest BCUT2D eigenvalue weighted by Crippen LogP contribution is 2.20. The van der Waals surface area contributed by atoms with E-state index in [1.807, 2.05) is 0 Å². The van der Waals surface area contributed by atoms with Gasteiger partial charge in [0.15, 0.2) is 6.10 Å². The molecule has 81 valence electrons. The fourth-order valence-electron chi connectivity index (χ4n) is 1.19. The first-order valence-electron chi connectivity index (χ1n) is 4.19. The van der Waals surface area contributed by atoms with Gasteiger partial charge in [0.2, 0.25) is 0 Å². The lowest BCUT2D eigenvalue weighted by atomic mass is 10.0. The molecule has 0 amide bonds. The second-order valence-electron chi connectivity index (χ2n) is 3.05. The number of esters is 1. The Morgan fingerprint density at radius 1 is 1.50 bits per heavy atom. The van der Waals surface area contributed by atoms with E-state index in [1.54, 1.807) is 0 Å². The summed E-state index contributed by atoms with van der Waals surface area (Å²) in [6.07, 6.45) is -4.42. The zero-order valence-corrected chi connectivity index (χ0v) is 7.66. The number of ether oxygens (including phenoxy) is 2. The predicted octanol–water partition coefficient (Wildman–Crippen LogP) is -1.81. The third-order valence-electron chi connectivity index (χ3n) is 1.94. The summed E-state index contributed by atoms with van der Waals surface area (Å²) >= 11 is 0. The summed E-state index contributed by atoms with van der Waals surface area (Å²) in [6, 6.07) is 0. The molecule has 0 unspecified atom stereocenters. The first-order chi connectivity index (χ1) is 6.56. The van der Waals surface area contributed by atoms with E-state index >= 15 is 0 Å². The Labute approximate surface area is 81.1 Å². The van der Waals surface area contributed by atoms with Gasteiger partial charge in [0.05, 0.1) is 6.61 Å². The zero-order valence-electron chi connectivity index (χ0n) is 7.66. The van der Waals surface area contributed by atoms with Crippen molar-refractivity contribution in [2.45, 2.75) is 31.3 Å². The van der Waals surface area contributed by atoms with E-state index in [1.165, 1.54) is 6.92 Å². The summed E-state index contributed by atoms with van der Waals surface area (Å²) in [4.78, 5) is 10.6. The number of hydrogen-bond donors (Lipinski definition) is 3. The molecule has 1 aliphatic heterocycles. The molecule has 4 atom stereocenters. The van der Waals surface area contributed by atoms with Crippen LogP contribution in [0.5, 0.6) is 0 Å². The maximum absolute atomic E-state index is 10.6. The van der Waals surface area contributed by atoms with Gasteiger partial charge in [0.1, 0.15) is 24.9 Å². The highest BCUT2D eigenvalue weighted by molar-refractivity contribution is 5.66. The van der Waals surface area contributed by atoms with Crippen molar-refractivity contribution in [2.75, 3.05) is 6.61 Å². The molecule has 0 spiro atoms. The summed E-state index contributed by atoms with van der Waals surface area (Å²) in [5.41, 5.74) is 0. The number of aliphatic hydroxyl groups is 3. The highest BCUT2D eigenvalue weighted by Gasteiger charge is 2.40. The molecule has 3 N–H and O–H groups in total. The van der Waals surface area contributed by atoms with Gasteiger partial charge in [0, 0.05) is 6.92 Å². The molecule has 1 rings (SSSR count). The summed E-state index contributed by atoms with van der Waals surface area (Å²) in [6.45, 7) is 1.87. The Hall–Kier alpha value is -0.690.